The number of urea groups is 1. The fraction of sp³-hybridized carbons (Fsp3) is 0.154. The molecule has 0 saturated carbocycles. The lowest BCUT2D eigenvalue weighted by atomic mass is 10.1. The van der Waals surface area contributed by atoms with Gasteiger partial charge in [-0.25, -0.2) is 27.5 Å². The van der Waals surface area contributed by atoms with Gasteiger partial charge >= 0.3 is 24.0 Å². The van der Waals surface area contributed by atoms with Crippen molar-refractivity contribution in [1.82, 2.24) is 24.7 Å². The van der Waals surface area contributed by atoms with Crippen molar-refractivity contribution in [2.24, 2.45) is 0 Å². The molecule has 0 unspecified atom stereocenters. The van der Waals surface area contributed by atoms with Crippen LogP contribution < -0.4 is 29.0 Å². The number of methoxy groups -OCH3 is 2. The number of halogens is 4. The van der Waals surface area contributed by atoms with Gasteiger partial charge in [-0.05, 0) is 67.6 Å². The number of sulfonamides is 1. The number of nitro benzene ring substituents is 1. The lowest BCUT2D eigenvalue weighted by Crippen LogP contribution is -2.35. The molecule has 0 aliphatic heterocycles. The monoisotopic (exact) mass is 979 g/mol. The molecule has 2 aromatic heterocycles. The number of aromatic nitrogens is 4. The van der Waals surface area contributed by atoms with Crippen LogP contribution in [-0.2, 0) is 19.6 Å². The number of hydrogen-bond acceptors (Lipinski definition) is 16. The first-order valence-corrected chi connectivity index (χ1v) is 20.9. The number of para-hydroxylation sites is 1. The number of esters is 1. The number of ether oxygens (including phenoxy) is 5. The molecule has 2 heterocycles. The molecule has 0 atom stereocenters. The molecule has 20 nitrogen and oxygen atoms in total. The predicted octanol–water partition coefficient (Wildman–Crippen LogP) is 8.15. The highest BCUT2D eigenvalue weighted by Crippen LogP contribution is 2.34. The van der Waals surface area contributed by atoms with E-state index in [4.69, 9.17) is 70.5 Å². The summed E-state index contributed by atoms with van der Waals surface area (Å²) >= 11 is 23.3. The molecule has 2 amide bonds. The number of carboxylic acid groups (broad SMARTS) is 1. The van der Waals surface area contributed by atoms with Crippen LogP contribution in [0, 0.1) is 17.0 Å². The van der Waals surface area contributed by atoms with Crippen LogP contribution in [0.15, 0.2) is 96.0 Å². The van der Waals surface area contributed by atoms with Crippen molar-refractivity contribution in [2.45, 2.75) is 11.8 Å². The van der Waals surface area contributed by atoms with Crippen molar-refractivity contribution < 1.29 is 56.5 Å². The Bertz CT molecular complexity index is 2770. The molecule has 25 heteroatoms. The van der Waals surface area contributed by atoms with Crippen molar-refractivity contribution in [3.8, 4) is 29.0 Å². The minimum absolute atomic E-state index is 0.0181. The fourth-order valence-electron chi connectivity index (χ4n) is 4.91. The topological polar surface area (TPSA) is 270 Å². The molecule has 0 aliphatic carbocycles. The number of fused-ring (bicyclic) bond motifs is 1. The Labute approximate surface area is 383 Å². The van der Waals surface area contributed by atoms with Crippen LogP contribution in [0.1, 0.15) is 16.2 Å². The molecule has 0 fully saturated rings. The zero-order chi connectivity index (χ0) is 47.0. The number of aryl methyl sites for hydroxylation is 1. The average molecular weight is 982 g/mol. The molecule has 64 heavy (non-hydrogen) atoms. The van der Waals surface area contributed by atoms with Crippen LogP contribution >= 0.6 is 46.4 Å². The van der Waals surface area contributed by atoms with Crippen LogP contribution in [0.25, 0.3) is 10.9 Å². The van der Waals surface area contributed by atoms with Crippen LogP contribution in [0.5, 0.6) is 29.0 Å². The molecular weight excluding hydrogens is 948 g/mol. The third kappa shape index (κ3) is 14.4. The normalized spacial score (nSPS) is 10.5. The molecule has 0 bridgehead atoms. The number of carbonyl (C=O) groups is 3. The number of amides is 2. The van der Waals surface area contributed by atoms with Crippen molar-refractivity contribution >= 4 is 96.9 Å². The SMILES string of the molecule is COC(=O)c1cc(Oc2ccc(Cl)cc2Cl)ccc1[N+](=O)[O-].COc1nc(C)nc(NC(=O)NS(=O)(=O)c2ccccc2OCCCl)n1.O=C(O)COc1ccc(Cl)c2cccnc12. The average Bonchev–Trinajstić information content (AvgIpc) is 3.26. The third-order valence-corrected chi connectivity index (χ3v) is 9.94. The van der Waals surface area contributed by atoms with E-state index in [0.717, 1.165) is 18.6 Å². The standard InChI is InChI=1S/C14H9Cl2NO5.C14H16ClN5O5S.C11H8ClNO3/c1-21-14(18)10-7-9(3-4-12(10)17(19)20)22-13-5-2-8(15)6-11(13)16;1-9-16-12(19-14(17-9)24-2)18-13(21)20-26(22,23)11-6-4-3-5-10(11)25-8-7-15;12-8-3-4-9(16-6-10(14)15)11-7(8)2-1-5-13-11/h2-7H,1H3;3-6H,7-8H2,1-2H3,(H2,16,17,18,19,20,21);1-5H,6H2,(H,14,15). The number of anilines is 1. The van der Waals surface area contributed by atoms with Gasteiger partial charge < -0.3 is 28.8 Å². The molecule has 0 saturated heterocycles. The minimum atomic E-state index is -4.20. The van der Waals surface area contributed by atoms with E-state index in [0.29, 0.717) is 27.1 Å². The summed E-state index contributed by atoms with van der Waals surface area (Å²) in [6.45, 7) is 1.28. The van der Waals surface area contributed by atoms with Crippen molar-refractivity contribution in [1.29, 1.82) is 0 Å². The van der Waals surface area contributed by atoms with Crippen LogP contribution in [0.3, 0.4) is 0 Å². The number of carbonyl (C=O) groups excluding carboxylic acids is 2. The lowest BCUT2D eigenvalue weighted by Gasteiger charge is -2.12. The molecule has 0 radical (unpaired) electrons. The second kappa shape index (κ2) is 23.6. The number of carboxylic acids is 1. The number of nitrogens with zero attached hydrogens (tertiary/aromatic N) is 5. The van der Waals surface area contributed by atoms with E-state index >= 15 is 0 Å². The molecular formula is C39H33Cl4N7O13S. The molecule has 6 rings (SSSR count). The molecule has 336 valence electrons. The summed E-state index contributed by atoms with van der Waals surface area (Å²) in [4.78, 5) is 59.8. The van der Waals surface area contributed by atoms with Gasteiger partial charge in [0.1, 0.15) is 51.4 Å². The number of rotatable bonds is 14. The highest BCUT2D eigenvalue weighted by molar-refractivity contribution is 7.90. The number of nitro groups is 1. The van der Waals surface area contributed by atoms with Gasteiger partial charge in [-0.15, -0.1) is 11.6 Å². The highest BCUT2D eigenvalue weighted by Gasteiger charge is 2.24. The Morgan fingerprint density at radius 2 is 1.59 bits per heavy atom. The van der Waals surface area contributed by atoms with Gasteiger partial charge in [0.25, 0.3) is 15.7 Å². The van der Waals surface area contributed by atoms with Crippen molar-refractivity contribution in [3.05, 3.63) is 128 Å². The van der Waals surface area contributed by atoms with Crippen molar-refractivity contribution in [2.75, 3.05) is 38.6 Å². The van der Waals surface area contributed by atoms with E-state index in [1.54, 1.807) is 55.6 Å². The lowest BCUT2D eigenvalue weighted by molar-refractivity contribution is -0.385. The smallest absolute Gasteiger partial charge is 0.345 e. The molecule has 3 N–H and O–H groups in total. The van der Waals surface area contributed by atoms with E-state index in [1.807, 2.05) is 4.72 Å². The van der Waals surface area contributed by atoms with E-state index in [2.05, 4.69) is 30.0 Å². The zero-order valence-corrected chi connectivity index (χ0v) is 37.1. The molecule has 4 aromatic carbocycles. The largest absolute Gasteiger partial charge is 0.491 e. The summed E-state index contributed by atoms with van der Waals surface area (Å²) in [5.41, 5.74) is -0.0206. The maximum atomic E-state index is 12.4. The van der Waals surface area contributed by atoms with E-state index < -0.39 is 39.5 Å². The number of pyridine rings is 1. The first-order chi connectivity index (χ1) is 30.5. The zero-order valence-electron chi connectivity index (χ0n) is 33.3. The summed E-state index contributed by atoms with van der Waals surface area (Å²) in [5, 5.41) is 23.7. The van der Waals surface area contributed by atoms with Gasteiger partial charge in [0, 0.05) is 28.7 Å². The number of nitrogens with one attached hydrogen (secondary N) is 2. The Kier molecular flexibility index (Phi) is 18.4. The number of aliphatic carboxylic acids is 1. The maximum absolute atomic E-state index is 12.4. The summed E-state index contributed by atoms with van der Waals surface area (Å²) in [5.74, 6) is -0.551. The van der Waals surface area contributed by atoms with Gasteiger partial charge in [-0.2, -0.15) is 15.0 Å². The maximum Gasteiger partial charge on any atom is 0.345 e. The number of hydrogen-bond donors (Lipinski definition) is 3. The highest BCUT2D eigenvalue weighted by atomic mass is 35.5. The Hall–Kier alpha value is -6.78. The summed E-state index contributed by atoms with van der Waals surface area (Å²) in [7, 11) is -1.72. The second-order valence-corrected chi connectivity index (χ2v) is 15.2. The molecule has 0 spiro atoms. The Morgan fingerprint density at radius 1 is 0.859 bits per heavy atom. The van der Waals surface area contributed by atoms with Gasteiger partial charge in [-0.1, -0.05) is 46.9 Å². The third-order valence-electron chi connectivity index (χ3n) is 7.56. The molecule has 0 aliphatic rings. The van der Waals surface area contributed by atoms with Gasteiger partial charge in [0.05, 0.1) is 35.1 Å². The summed E-state index contributed by atoms with van der Waals surface area (Å²) in [6.07, 6.45) is 1.60. The second-order valence-electron chi connectivity index (χ2n) is 12.0. The fourth-order valence-corrected chi connectivity index (χ4v) is 6.71. The number of alkyl halides is 1. The summed E-state index contributed by atoms with van der Waals surface area (Å²) in [6, 6.07) is 20.0. The minimum Gasteiger partial charge on any atom is -0.491 e. The molecule has 6 aromatic rings. The van der Waals surface area contributed by atoms with Crippen molar-refractivity contribution in [3.63, 3.8) is 0 Å². The predicted molar refractivity (Wildman–Crippen MR) is 234 cm³/mol. The van der Waals surface area contributed by atoms with E-state index in [-0.39, 0.29) is 62.9 Å². The van der Waals surface area contributed by atoms with E-state index in [9.17, 15) is 32.9 Å². The first kappa shape index (κ1) is 49.9. The first-order valence-electron chi connectivity index (χ1n) is 17.7. The van der Waals surface area contributed by atoms with Gasteiger partial charge in [-0.3, -0.25) is 20.4 Å². The quantitative estimate of drug-likeness (QED) is 0.0402. The number of benzene rings is 4. The van der Waals surface area contributed by atoms with Gasteiger partial charge in [0.2, 0.25) is 5.95 Å². The van der Waals surface area contributed by atoms with Crippen LogP contribution in [0.2, 0.25) is 15.1 Å². The Morgan fingerprint density at radius 3 is 2.27 bits per heavy atom. The van der Waals surface area contributed by atoms with Crippen LogP contribution in [0.4, 0.5) is 16.4 Å². The van der Waals surface area contributed by atoms with Crippen LogP contribution in [-0.4, -0.2) is 89.7 Å². The van der Waals surface area contributed by atoms with E-state index in [1.165, 1.54) is 43.5 Å². The van der Waals surface area contributed by atoms with Gasteiger partial charge in [0.15, 0.2) is 6.61 Å². The summed E-state index contributed by atoms with van der Waals surface area (Å²) < 4.78 is 52.1. The Balaban J connectivity index is 0.000000216.